The number of nitrogens with zero attached hydrogens (tertiary/aromatic N) is 3. The van der Waals surface area contributed by atoms with Crippen LogP contribution in [0.5, 0.6) is 0 Å². The number of aryl methyl sites for hydroxylation is 1. The first kappa shape index (κ1) is 14.3. The first-order chi connectivity index (χ1) is 8.98. The Bertz CT molecular complexity index is 516. The van der Waals surface area contributed by atoms with Gasteiger partial charge in [-0.25, -0.2) is 13.4 Å². The molecule has 1 fully saturated rings. The molecule has 0 bridgehead atoms. The molecule has 7 heteroatoms. The van der Waals surface area contributed by atoms with E-state index in [-0.39, 0.29) is 16.9 Å². The largest absolute Gasteiger partial charge is 0.381 e. The Morgan fingerprint density at radius 3 is 2.79 bits per heavy atom. The van der Waals surface area contributed by atoms with Crippen LogP contribution in [0.3, 0.4) is 0 Å². The number of imidazole rings is 1. The summed E-state index contributed by atoms with van der Waals surface area (Å²) in [4.78, 5) is 3.88. The third-order valence-electron chi connectivity index (χ3n) is 3.66. The van der Waals surface area contributed by atoms with E-state index in [1.54, 1.807) is 11.4 Å². The Morgan fingerprint density at radius 2 is 2.21 bits per heavy atom. The van der Waals surface area contributed by atoms with Crippen LogP contribution in [0.1, 0.15) is 39.0 Å². The molecule has 1 saturated heterocycles. The summed E-state index contributed by atoms with van der Waals surface area (Å²) in [5, 5.41) is 0.121. The Hall–Kier alpha value is -1.08. The Kier molecular flexibility index (Phi) is 4.15. The molecule has 1 aromatic rings. The maximum absolute atomic E-state index is 12.8. The minimum atomic E-state index is -3.54. The number of rotatable bonds is 4. The summed E-state index contributed by atoms with van der Waals surface area (Å²) in [5.74, 6) is 0.0864. The van der Waals surface area contributed by atoms with Gasteiger partial charge >= 0.3 is 0 Å². The molecule has 108 valence electrons. The standard InChI is InChI=1S/C12H22N4O2S/c1-3-6-10-7-4-5-8-16(10)19(17,18)12-11(13)14-9-15(12)2/h9-10H,3-8,13H2,1-2H3. The van der Waals surface area contributed by atoms with E-state index < -0.39 is 10.0 Å². The van der Waals surface area contributed by atoms with E-state index >= 15 is 0 Å². The van der Waals surface area contributed by atoms with Crippen LogP contribution in [0.25, 0.3) is 0 Å². The first-order valence-corrected chi connectivity index (χ1v) is 8.21. The Labute approximate surface area is 114 Å². The zero-order valence-electron chi connectivity index (χ0n) is 11.5. The number of anilines is 1. The summed E-state index contributed by atoms with van der Waals surface area (Å²) in [7, 11) is -1.88. The van der Waals surface area contributed by atoms with Crippen LogP contribution in [0.4, 0.5) is 5.82 Å². The molecule has 2 N–H and O–H groups in total. The highest BCUT2D eigenvalue weighted by Crippen LogP contribution is 2.29. The van der Waals surface area contributed by atoms with Crippen molar-refractivity contribution in [3.8, 4) is 0 Å². The van der Waals surface area contributed by atoms with Gasteiger partial charge in [-0.05, 0) is 19.3 Å². The highest BCUT2D eigenvalue weighted by molar-refractivity contribution is 7.89. The van der Waals surface area contributed by atoms with Crippen molar-refractivity contribution >= 4 is 15.8 Å². The highest BCUT2D eigenvalue weighted by Gasteiger charge is 2.36. The minimum Gasteiger partial charge on any atom is -0.381 e. The van der Waals surface area contributed by atoms with Gasteiger partial charge in [0.1, 0.15) is 0 Å². The minimum absolute atomic E-state index is 0.0864. The van der Waals surface area contributed by atoms with Crippen molar-refractivity contribution in [3.05, 3.63) is 6.33 Å². The van der Waals surface area contributed by atoms with Crippen LogP contribution in [-0.4, -0.2) is 34.9 Å². The molecule has 0 saturated carbocycles. The number of piperidine rings is 1. The SMILES string of the molecule is CCCC1CCCCN1S(=O)(=O)c1c(N)ncn1C. The number of aromatic nitrogens is 2. The van der Waals surface area contributed by atoms with Gasteiger partial charge < -0.3 is 10.3 Å². The molecule has 0 aliphatic carbocycles. The molecule has 6 nitrogen and oxygen atoms in total. The molecule has 2 heterocycles. The average molecular weight is 286 g/mol. The second-order valence-corrected chi connectivity index (χ2v) is 6.91. The lowest BCUT2D eigenvalue weighted by atomic mass is 10.0. The summed E-state index contributed by atoms with van der Waals surface area (Å²) in [6, 6.07) is 0.0954. The number of nitrogen functional groups attached to an aromatic ring is 1. The maximum Gasteiger partial charge on any atom is 0.262 e. The molecular weight excluding hydrogens is 264 g/mol. The van der Waals surface area contributed by atoms with Crippen LogP contribution >= 0.6 is 0 Å². The van der Waals surface area contributed by atoms with Gasteiger partial charge in [-0.1, -0.05) is 19.8 Å². The Morgan fingerprint density at radius 1 is 1.47 bits per heavy atom. The van der Waals surface area contributed by atoms with E-state index in [1.807, 2.05) is 0 Å². The zero-order chi connectivity index (χ0) is 14.0. The first-order valence-electron chi connectivity index (χ1n) is 6.77. The number of nitrogens with two attached hydrogens (primary N) is 1. The predicted octanol–water partition coefficient (Wildman–Crippen LogP) is 1.35. The van der Waals surface area contributed by atoms with Gasteiger partial charge in [0, 0.05) is 19.6 Å². The monoisotopic (exact) mass is 286 g/mol. The highest BCUT2D eigenvalue weighted by atomic mass is 32.2. The predicted molar refractivity (Wildman–Crippen MR) is 74.1 cm³/mol. The molecule has 0 aromatic carbocycles. The summed E-state index contributed by atoms with van der Waals surface area (Å²) in [5.41, 5.74) is 5.72. The van der Waals surface area contributed by atoms with E-state index in [9.17, 15) is 8.42 Å². The molecule has 19 heavy (non-hydrogen) atoms. The molecule has 1 aliphatic heterocycles. The fourth-order valence-corrected chi connectivity index (χ4v) is 4.70. The fraction of sp³-hybridized carbons (Fsp3) is 0.750. The van der Waals surface area contributed by atoms with Crippen molar-refractivity contribution in [3.63, 3.8) is 0 Å². The van der Waals surface area contributed by atoms with Crippen molar-refractivity contribution in [1.29, 1.82) is 0 Å². The lowest BCUT2D eigenvalue weighted by Gasteiger charge is -2.34. The van der Waals surface area contributed by atoms with Gasteiger partial charge in [0.25, 0.3) is 10.0 Å². The molecular formula is C12H22N4O2S. The molecule has 1 unspecified atom stereocenters. The third-order valence-corrected chi connectivity index (χ3v) is 5.74. The van der Waals surface area contributed by atoms with Gasteiger partial charge in [0.15, 0.2) is 10.8 Å². The Balaban J connectivity index is 2.37. The summed E-state index contributed by atoms with van der Waals surface area (Å²) in [6.07, 6.45) is 6.27. The fourth-order valence-electron chi connectivity index (χ4n) is 2.77. The molecule has 2 rings (SSSR count). The van der Waals surface area contributed by atoms with Crippen molar-refractivity contribution in [2.45, 2.75) is 50.1 Å². The van der Waals surface area contributed by atoms with Gasteiger partial charge in [0.05, 0.1) is 6.33 Å². The van der Waals surface area contributed by atoms with Gasteiger partial charge in [-0.15, -0.1) is 0 Å². The van der Waals surface area contributed by atoms with Crippen molar-refractivity contribution in [1.82, 2.24) is 13.9 Å². The normalized spacial score (nSPS) is 21.7. The topological polar surface area (TPSA) is 81.2 Å². The number of hydrogen-bond donors (Lipinski definition) is 1. The van der Waals surface area contributed by atoms with E-state index in [0.717, 1.165) is 32.1 Å². The molecule has 0 amide bonds. The van der Waals surface area contributed by atoms with Crippen molar-refractivity contribution in [2.24, 2.45) is 7.05 Å². The van der Waals surface area contributed by atoms with E-state index in [1.165, 1.54) is 10.9 Å². The van der Waals surface area contributed by atoms with Crippen LogP contribution in [0.15, 0.2) is 11.4 Å². The van der Waals surface area contributed by atoms with Crippen LogP contribution in [-0.2, 0) is 17.1 Å². The third kappa shape index (κ3) is 2.62. The molecule has 1 atom stereocenters. The quantitative estimate of drug-likeness (QED) is 0.905. The lowest BCUT2D eigenvalue weighted by molar-refractivity contribution is 0.238. The number of hydrogen-bond acceptors (Lipinski definition) is 4. The summed E-state index contributed by atoms with van der Waals surface area (Å²) >= 11 is 0. The molecule has 1 aromatic heterocycles. The number of sulfonamides is 1. The van der Waals surface area contributed by atoms with E-state index in [4.69, 9.17) is 5.73 Å². The van der Waals surface area contributed by atoms with Gasteiger partial charge in [0.2, 0.25) is 0 Å². The molecule has 0 radical (unpaired) electrons. The van der Waals surface area contributed by atoms with E-state index in [0.29, 0.717) is 6.54 Å². The van der Waals surface area contributed by atoms with Crippen LogP contribution in [0.2, 0.25) is 0 Å². The van der Waals surface area contributed by atoms with Crippen LogP contribution < -0.4 is 5.73 Å². The smallest absolute Gasteiger partial charge is 0.262 e. The van der Waals surface area contributed by atoms with Crippen molar-refractivity contribution in [2.75, 3.05) is 12.3 Å². The average Bonchev–Trinajstić information content (AvgIpc) is 2.70. The maximum atomic E-state index is 12.8. The summed E-state index contributed by atoms with van der Waals surface area (Å²) in [6.45, 7) is 2.66. The second-order valence-electron chi connectivity index (χ2n) is 5.10. The zero-order valence-corrected chi connectivity index (χ0v) is 12.4. The van der Waals surface area contributed by atoms with Crippen molar-refractivity contribution < 1.29 is 8.42 Å². The lowest BCUT2D eigenvalue weighted by Crippen LogP contribution is -2.44. The molecule has 1 aliphatic rings. The van der Waals surface area contributed by atoms with Gasteiger partial charge in [-0.2, -0.15) is 4.31 Å². The van der Waals surface area contributed by atoms with Crippen LogP contribution in [0, 0.1) is 0 Å². The van der Waals surface area contributed by atoms with E-state index in [2.05, 4.69) is 11.9 Å². The summed E-state index contributed by atoms with van der Waals surface area (Å²) < 4.78 is 28.6. The molecule has 0 spiro atoms. The second kappa shape index (κ2) is 5.50. The van der Waals surface area contributed by atoms with Gasteiger partial charge in [-0.3, -0.25) is 0 Å².